The molecule has 1 spiro atoms. The van der Waals surface area contributed by atoms with Crippen molar-refractivity contribution in [2.45, 2.75) is 115 Å². The van der Waals surface area contributed by atoms with Crippen LogP contribution in [0.25, 0.3) is 16.6 Å². The predicted molar refractivity (Wildman–Crippen MR) is 268 cm³/mol. The van der Waals surface area contributed by atoms with Crippen LogP contribution >= 0.6 is 11.6 Å². The van der Waals surface area contributed by atoms with Crippen LogP contribution in [-0.4, -0.2) is 81.9 Å². The number of piperidine rings is 1. The number of halogens is 4. The molecule has 2 aliphatic carbocycles. The number of anilines is 5. The number of piperazine rings is 1. The SMILES string of the molecule is C1CC1.C=CNc1cc(F)c(Nc2nc(N3CC4(CCC(CN5CCN(c6ccc7c(C8CCC(=C)NC8=C)nn(C)c7c6)CC5C)CC4)C3)ncc2Cl)cc1C1=C(C)CCC(F)(F)C(C)N1. The molecule has 67 heavy (non-hydrogen) atoms. The van der Waals surface area contributed by atoms with Crippen LogP contribution in [0.1, 0.15) is 109 Å². The van der Waals surface area contributed by atoms with Crippen molar-refractivity contribution in [3.05, 3.63) is 102 Å². The molecule has 3 unspecified atom stereocenters. The summed E-state index contributed by atoms with van der Waals surface area (Å²) in [7, 11) is 2.04. The fourth-order valence-electron chi connectivity index (χ4n) is 10.7. The van der Waals surface area contributed by atoms with Crippen molar-refractivity contribution in [3.63, 3.8) is 0 Å². The zero-order valence-corrected chi connectivity index (χ0v) is 40.4. The van der Waals surface area contributed by atoms with E-state index in [1.165, 1.54) is 75.2 Å². The summed E-state index contributed by atoms with van der Waals surface area (Å²) >= 11 is 6.60. The second-order valence-corrected chi connectivity index (χ2v) is 20.6. The highest BCUT2D eigenvalue weighted by molar-refractivity contribution is 6.33. The zero-order chi connectivity index (χ0) is 47.2. The van der Waals surface area contributed by atoms with Gasteiger partial charge in [0.15, 0.2) is 5.82 Å². The first kappa shape index (κ1) is 46.9. The lowest BCUT2D eigenvalue weighted by Gasteiger charge is -2.54. The normalized spacial score (nSPS) is 24.0. The third-order valence-corrected chi connectivity index (χ3v) is 15.3. The number of alkyl halides is 2. The van der Waals surface area contributed by atoms with Crippen molar-refractivity contribution in [1.29, 1.82) is 0 Å². The van der Waals surface area contributed by atoms with E-state index in [9.17, 15) is 8.78 Å². The van der Waals surface area contributed by atoms with Gasteiger partial charge in [0.25, 0.3) is 5.92 Å². The molecular weight excluding hydrogens is 871 g/mol. The summed E-state index contributed by atoms with van der Waals surface area (Å²) in [5.41, 5.74) is 8.08. The number of nitrogens with zero attached hydrogens (tertiary/aromatic N) is 7. The standard InChI is InChI=1S/C49H61ClF3N11.C3H6/c1-8-54-41-23-40(51)42(22-38(41)44-29(2)13-18-49(52,53)33(6)57-44)58-46-39(50)24-55-47(59-46)64-27-48(28-64)16-14-34(15-17-48)26-62-19-20-63(25-31(62)4)35-10-12-37-43(21-35)61(7)60-45(37)36-11-9-30(3)56-32(36)5;1-2-3-1/h8,10,12,21-24,31,33-34,36,54,56-57H,1,3,5,9,11,13-20,25-28H2,2,4,6-7H3,(H,55,58,59);1-3H2. The number of hydrogen-bond acceptors (Lipinski definition) is 10. The Morgan fingerprint density at radius 3 is 2.43 bits per heavy atom. The van der Waals surface area contributed by atoms with Crippen molar-refractivity contribution in [1.82, 2.24) is 35.3 Å². The van der Waals surface area contributed by atoms with Crippen molar-refractivity contribution in [2.75, 3.05) is 59.7 Å². The molecule has 3 atom stereocenters. The highest BCUT2D eigenvalue weighted by atomic mass is 35.5. The maximum Gasteiger partial charge on any atom is 0.267 e. The number of fused-ring (bicyclic) bond motifs is 1. The van der Waals surface area contributed by atoms with Gasteiger partial charge in [0, 0.05) is 110 Å². The number of aromatic nitrogens is 4. The molecule has 6 heterocycles. The van der Waals surface area contributed by atoms with E-state index in [1.807, 2.05) is 18.7 Å². The molecule has 2 aromatic heterocycles. The van der Waals surface area contributed by atoms with Gasteiger partial charge in [0.1, 0.15) is 10.8 Å². The van der Waals surface area contributed by atoms with E-state index in [-0.39, 0.29) is 40.7 Å². The number of hydrogen-bond donors (Lipinski definition) is 4. The Balaban J connectivity index is 0.00000180. The molecule has 2 aromatic carbocycles. The van der Waals surface area contributed by atoms with Gasteiger partial charge in [-0.05, 0) is 108 Å². The van der Waals surface area contributed by atoms with Crippen LogP contribution in [0.4, 0.5) is 42.0 Å². The lowest BCUT2D eigenvalue weighted by molar-refractivity contribution is -0.0320. The molecular formula is C52H67ClF3N11. The van der Waals surface area contributed by atoms with Crippen LogP contribution in [0.2, 0.25) is 5.02 Å². The average Bonchev–Trinajstić information content (AvgIpc) is 4.16. The Kier molecular flexibility index (Phi) is 13.3. The van der Waals surface area contributed by atoms with Gasteiger partial charge in [-0.1, -0.05) is 50.6 Å². The van der Waals surface area contributed by atoms with E-state index < -0.39 is 17.8 Å². The summed E-state index contributed by atoms with van der Waals surface area (Å²) in [4.78, 5) is 16.7. The van der Waals surface area contributed by atoms with Crippen molar-refractivity contribution < 1.29 is 13.2 Å². The molecule has 10 rings (SSSR count). The van der Waals surface area contributed by atoms with Crippen LogP contribution < -0.4 is 31.1 Å². The fraction of sp³-hybridized carbons (Fsp3) is 0.519. The van der Waals surface area contributed by atoms with E-state index in [0.29, 0.717) is 34.9 Å². The molecule has 11 nitrogen and oxygen atoms in total. The minimum Gasteiger partial charge on any atom is -0.376 e. The summed E-state index contributed by atoms with van der Waals surface area (Å²) in [6.45, 7) is 23.6. The maximum absolute atomic E-state index is 15.7. The number of rotatable bonds is 10. The van der Waals surface area contributed by atoms with E-state index in [4.69, 9.17) is 21.7 Å². The molecule has 15 heteroatoms. The lowest BCUT2D eigenvalue weighted by Crippen LogP contribution is -2.59. The topological polar surface area (TPSA) is 101 Å². The van der Waals surface area contributed by atoms with Crippen LogP contribution in [-0.2, 0) is 7.05 Å². The van der Waals surface area contributed by atoms with Crippen molar-refractivity contribution >= 4 is 57.0 Å². The van der Waals surface area contributed by atoms with Gasteiger partial charge in [0.05, 0.1) is 34.8 Å². The van der Waals surface area contributed by atoms with Crippen LogP contribution in [0.5, 0.6) is 0 Å². The Bertz CT molecular complexity index is 2550. The van der Waals surface area contributed by atoms with Gasteiger partial charge in [-0.15, -0.1) is 0 Å². The van der Waals surface area contributed by atoms with E-state index >= 15 is 4.39 Å². The summed E-state index contributed by atoms with van der Waals surface area (Å²) in [6, 6.07) is 9.09. The highest BCUT2D eigenvalue weighted by Crippen LogP contribution is 2.47. The molecule has 3 saturated heterocycles. The molecule has 4 aromatic rings. The Morgan fingerprint density at radius 2 is 1.73 bits per heavy atom. The number of nitrogens with one attached hydrogen (secondary N) is 4. The molecule has 6 aliphatic rings. The van der Waals surface area contributed by atoms with Crippen LogP contribution in [0.15, 0.2) is 79.4 Å². The first-order valence-electron chi connectivity index (χ1n) is 24.3. The fourth-order valence-corrected chi connectivity index (χ4v) is 10.8. The van der Waals surface area contributed by atoms with Gasteiger partial charge in [-0.25, -0.2) is 18.2 Å². The van der Waals surface area contributed by atoms with Gasteiger partial charge in [0.2, 0.25) is 5.95 Å². The smallest absolute Gasteiger partial charge is 0.267 e. The summed E-state index contributed by atoms with van der Waals surface area (Å²) in [5.74, 6) is -1.79. The maximum atomic E-state index is 15.7. The molecule has 0 radical (unpaired) electrons. The van der Waals surface area contributed by atoms with Crippen molar-refractivity contribution in [3.8, 4) is 0 Å². The molecule has 358 valence electrons. The third-order valence-electron chi connectivity index (χ3n) is 15.0. The molecule has 4 aliphatic heterocycles. The Morgan fingerprint density at radius 1 is 0.970 bits per heavy atom. The predicted octanol–water partition coefficient (Wildman–Crippen LogP) is 11.5. The van der Waals surface area contributed by atoms with Gasteiger partial charge < -0.3 is 31.1 Å². The minimum absolute atomic E-state index is 0.114. The van der Waals surface area contributed by atoms with Gasteiger partial charge in [-0.3, -0.25) is 9.58 Å². The van der Waals surface area contributed by atoms with Crippen molar-refractivity contribution in [2.24, 2.45) is 18.4 Å². The zero-order valence-electron chi connectivity index (χ0n) is 39.6. The first-order valence-corrected chi connectivity index (χ1v) is 24.7. The van der Waals surface area contributed by atoms with E-state index in [0.717, 1.165) is 80.3 Å². The second-order valence-electron chi connectivity index (χ2n) is 20.2. The minimum atomic E-state index is -2.89. The Labute approximate surface area is 399 Å². The number of benzene rings is 2. The monoisotopic (exact) mass is 938 g/mol. The largest absolute Gasteiger partial charge is 0.376 e. The van der Waals surface area contributed by atoms with Gasteiger partial charge in [-0.2, -0.15) is 10.1 Å². The average molecular weight is 939 g/mol. The molecule has 5 fully saturated rings. The molecule has 0 amide bonds. The second kappa shape index (κ2) is 19.1. The van der Waals surface area contributed by atoms with Crippen LogP contribution in [0, 0.1) is 17.2 Å². The molecule has 0 bridgehead atoms. The Hall–Kier alpha value is -5.21. The highest BCUT2D eigenvalue weighted by Gasteiger charge is 2.47. The molecule has 4 N–H and O–H groups in total. The van der Waals surface area contributed by atoms with Gasteiger partial charge >= 0.3 is 0 Å². The summed E-state index contributed by atoms with van der Waals surface area (Å²) in [5, 5.41) is 18.8. The van der Waals surface area contributed by atoms with E-state index in [2.05, 4.69) is 85.8 Å². The quantitative estimate of drug-likeness (QED) is 0.123. The first-order chi connectivity index (χ1) is 32.1. The number of allylic oxidation sites excluding steroid dienone is 3. The number of aryl methyl sites for hydroxylation is 1. The third kappa shape index (κ3) is 10.0. The molecule has 2 saturated carbocycles. The summed E-state index contributed by atoms with van der Waals surface area (Å²) < 4.78 is 47.2. The lowest BCUT2D eigenvalue weighted by atomic mass is 9.66. The summed E-state index contributed by atoms with van der Waals surface area (Å²) in [6.07, 6.45) is 14.0. The van der Waals surface area contributed by atoms with E-state index in [1.54, 1.807) is 12.3 Å². The van der Waals surface area contributed by atoms with Crippen LogP contribution in [0.3, 0.4) is 0 Å².